The van der Waals surface area contributed by atoms with Crippen LogP contribution in [0.2, 0.25) is 0 Å². The summed E-state index contributed by atoms with van der Waals surface area (Å²) < 4.78 is 10.7. The number of nitrogens with one attached hydrogen (secondary N) is 2. The molecule has 1 atom stereocenters. The highest BCUT2D eigenvalue weighted by molar-refractivity contribution is 5.99. The summed E-state index contributed by atoms with van der Waals surface area (Å²) in [4.78, 5) is 42.9. The normalized spacial score (nSPS) is 15.4. The van der Waals surface area contributed by atoms with E-state index in [4.69, 9.17) is 14.5 Å². The van der Waals surface area contributed by atoms with Crippen LogP contribution in [0.1, 0.15) is 42.4 Å². The van der Waals surface area contributed by atoms with Gasteiger partial charge in [0.25, 0.3) is 0 Å². The molecule has 2 aromatic carbocycles. The minimum atomic E-state index is -0.802. The second kappa shape index (κ2) is 11.8. The summed E-state index contributed by atoms with van der Waals surface area (Å²) >= 11 is 0. The van der Waals surface area contributed by atoms with E-state index in [0.717, 1.165) is 23.4 Å². The zero-order chi connectivity index (χ0) is 28.1. The lowest BCUT2D eigenvalue weighted by molar-refractivity contribution is -0.138. The number of methoxy groups -OCH3 is 1. The Balaban J connectivity index is 1.34. The van der Waals surface area contributed by atoms with Crippen molar-refractivity contribution >= 4 is 29.0 Å². The van der Waals surface area contributed by atoms with Crippen LogP contribution in [0, 0.1) is 0 Å². The number of carbonyl (C=O) groups is 2. The van der Waals surface area contributed by atoms with Gasteiger partial charge in [-0.2, -0.15) is 0 Å². The molecule has 0 saturated heterocycles. The molecule has 40 heavy (non-hydrogen) atoms. The van der Waals surface area contributed by atoms with Gasteiger partial charge in [-0.25, -0.2) is 19.6 Å². The Labute approximate surface area is 231 Å². The molecular formula is C31H29N5O4. The van der Waals surface area contributed by atoms with E-state index >= 15 is 0 Å². The molecule has 1 aliphatic heterocycles. The Bertz CT molecular complexity index is 1640. The van der Waals surface area contributed by atoms with Crippen molar-refractivity contribution in [2.75, 3.05) is 13.7 Å². The highest BCUT2D eigenvalue weighted by Gasteiger charge is 2.39. The Hall–Kier alpha value is -5.05. The summed E-state index contributed by atoms with van der Waals surface area (Å²) in [5.41, 5.74) is 5.66. The van der Waals surface area contributed by atoms with E-state index in [-0.39, 0.29) is 17.8 Å². The Morgan fingerprint density at radius 3 is 2.38 bits per heavy atom. The molecule has 9 heteroatoms. The molecule has 0 bridgehead atoms. The van der Waals surface area contributed by atoms with E-state index in [9.17, 15) is 9.59 Å². The van der Waals surface area contributed by atoms with Gasteiger partial charge in [-0.05, 0) is 43.2 Å². The number of esters is 2. The maximum atomic E-state index is 13.4. The van der Waals surface area contributed by atoms with Gasteiger partial charge >= 0.3 is 11.9 Å². The van der Waals surface area contributed by atoms with E-state index in [2.05, 4.69) is 20.3 Å². The number of nitrogens with zero attached hydrogens (tertiary/aromatic N) is 3. The molecule has 0 saturated carbocycles. The van der Waals surface area contributed by atoms with Gasteiger partial charge in [-0.3, -0.25) is 4.98 Å². The first kappa shape index (κ1) is 26.6. The summed E-state index contributed by atoms with van der Waals surface area (Å²) in [6, 6.07) is 15.5. The quantitative estimate of drug-likeness (QED) is 0.314. The van der Waals surface area contributed by atoms with Crippen molar-refractivity contribution < 1.29 is 19.1 Å². The molecule has 9 nitrogen and oxygen atoms in total. The van der Waals surface area contributed by atoms with Crippen LogP contribution >= 0.6 is 0 Å². The van der Waals surface area contributed by atoms with Crippen molar-refractivity contribution in [2.24, 2.45) is 0 Å². The molecule has 202 valence electrons. The van der Waals surface area contributed by atoms with Gasteiger partial charge in [-0.1, -0.05) is 42.5 Å². The van der Waals surface area contributed by atoms with Gasteiger partial charge in [0.1, 0.15) is 12.4 Å². The number of fused-ring (bicyclic) bond motifs is 1. The maximum Gasteiger partial charge on any atom is 0.337 e. The fourth-order valence-electron chi connectivity index (χ4n) is 4.77. The Morgan fingerprint density at radius 1 is 0.950 bits per heavy atom. The number of rotatable bonds is 8. The number of allylic oxidation sites excluding steroid dienone is 2. The van der Waals surface area contributed by atoms with Crippen LogP contribution in [-0.4, -0.2) is 45.6 Å². The molecule has 0 radical (unpaired) electrons. The molecule has 2 N–H and O–H groups in total. The number of H-pyrrole nitrogens is 1. The number of aromatic amines is 1. The fraction of sp³-hybridized carbons (Fsp3) is 0.194. The van der Waals surface area contributed by atoms with Crippen LogP contribution in [0.5, 0.6) is 0 Å². The van der Waals surface area contributed by atoms with Gasteiger partial charge in [0.15, 0.2) is 0 Å². The molecule has 0 amide bonds. The average Bonchev–Trinajstić information content (AvgIpc) is 3.48. The van der Waals surface area contributed by atoms with E-state index in [1.165, 1.54) is 7.11 Å². The van der Waals surface area contributed by atoms with Crippen molar-refractivity contribution in [3.05, 3.63) is 118 Å². The SMILES string of the molecule is COC(=O)C1=C(C)NC(C)=C(C(=O)OCC=Cc2ccc(Cc3ncc[nH]3)cc2)C1c1cnc2ccccc2n1. The third kappa shape index (κ3) is 5.68. The minimum absolute atomic E-state index is 0.0517. The van der Waals surface area contributed by atoms with Gasteiger partial charge in [0.05, 0.1) is 47.1 Å². The number of ether oxygens (including phenoxy) is 2. The first-order chi connectivity index (χ1) is 19.4. The summed E-state index contributed by atoms with van der Waals surface area (Å²) in [6.07, 6.45) is 9.52. The molecule has 1 aliphatic rings. The van der Waals surface area contributed by atoms with Crippen LogP contribution in [0.4, 0.5) is 0 Å². The van der Waals surface area contributed by atoms with Crippen LogP contribution in [0.25, 0.3) is 17.1 Å². The molecular weight excluding hydrogens is 506 g/mol. The Morgan fingerprint density at radius 2 is 1.68 bits per heavy atom. The molecule has 0 aliphatic carbocycles. The van der Waals surface area contributed by atoms with Gasteiger partial charge in [0, 0.05) is 30.2 Å². The first-order valence-corrected chi connectivity index (χ1v) is 12.8. The predicted molar refractivity (Wildman–Crippen MR) is 151 cm³/mol. The van der Waals surface area contributed by atoms with E-state index < -0.39 is 17.9 Å². The monoisotopic (exact) mass is 535 g/mol. The van der Waals surface area contributed by atoms with Crippen LogP contribution in [0.15, 0.2) is 95.7 Å². The highest BCUT2D eigenvalue weighted by atomic mass is 16.5. The van der Waals surface area contributed by atoms with Gasteiger partial charge < -0.3 is 19.8 Å². The van der Waals surface area contributed by atoms with Crippen molar-refractivity contribution in [3.8, 4) is 0 Å². The second-order valence-electron chi connectivity index (χ2n) is 9.37. The first-order valence-electron chi connectivity index (χ1n) is 12.8. The number of hydrogen-bond donors (Lipinski definition) is 2. The third-order valence-electron chi connectivity index (χ3n) is 6.68. The lowest BCUT2D eigenvalue weighted by atomic mass is 9.83. The Kier molecular flexibility index (Phi) is 7.82. The minimum Gasteiger partial charge on any atom is -0.466 e. The van der Waals surface area contributed by atoms with E-state index in [1.807, 2.05) is 54.6 Å². The highest BCUT2D eigenvalue weighted by Crippen LogP contribution is 2.38. The van der Waals surface area contributed by atoms with Crippen molar-refractivity contribution in [1.29, 1.82) is 0 Å². The summed E-state index contributed by atoms with van der Waals surface area (Å²) in [7, 11) is 1.31. The summed E-state index contributed by atoms with van der Waals surface area (Å²) in [5.74, 6) is -1.01. The zero-order valence-corrected chi connectivity index (χ0v) is 22.5. The zero-order valence-electron chi connectivity index (χ0n) is 22.5. The van der Waals surface area contributed by atoms with Crippen LogP contribution in [-0.2, 0) is 25.5 Å². The standard InChI is InChI=1S/C31H29N5O4/c1-19-27(30(37)39-3)29(25-18-34-23-8-4-5-9-24(23)36-25)28(20(2)35-19)31(38)40-16-6-7-21-10-12-22(13-11-21)17-26-32-14-15-33-26/h4-15,18,29,35H,16-17H2,1-3H3,(H,32,33). The molecule has 0 spiro atoms. The van der Waals surface area contributed by atoms with Crippen molar-refractivity contribution in [3.63, 3.8) is 0 Å². The summed E-state index contributed by atoms with van der Waals surface area (Å²) in [6.45, 7) is 3.59. The topological polar surface area (TPSA) is 119 Å². The molecule has 2 aromatic heterocycles. The van der Waals surface area contributed by atoms with Crippen molar-refractivity contribution in [2.45, 2.75) is 26.2 Å². The molecule has 5 rings (SSSR count). The molecule has 0 fully saturated rings. The molecule has 3 heterocycles. The van der Waals surface area contributed by atoms with Gasteiger partial charge in [0.2, 0.25) is 0 Å². The van der Waals surface area contributed by atoms with E-state index in [0.29, 0.717) is 28.1 Å². The third-order valence-corrected chi connectivity index (χ3v) is 6.68. The lowest BCUT2D eigenvalue weighted by Gasteiger charge is -2.29. The number of aromatic nitrogens is 4. The number of carbonyl (C=O) groups excluding carboxylic acids is 2. The van der Waals surface area contributed by atoms with Gasteiger partial charge in [-0.15, -0.1) is 0 Å². The number of benzene rings is 2. The van der Waals surface area contributed by atoms with E-state index in [1.54, 1.807) is 38.5 Å². The predicted octanol–water partition coefficient (Wildman–Crippen LogP) is 4.61. The molecule has 1 unspecified atom stereocenters. The summed E-state index contributed by atoms with van der Waals surface area (Å²) in [5, 5.41) is 3.13. The number of imidazole rings is 1. The smallest absolute Gasteiger partial charge is 0.337 e. The fourth-order valence-corrected chi connectivity index (χ4v) is 4.77. The largest absolute Gasteiger partial charge is 0.466 e. The van der Waals surface area contributed by atoms with Crippen LogP contribution in [0.3, 0.4) is 0 Å². The molecule has 4 aromatic rings. The number of para-hydroxylation sites is 2. The average molecular weight is 536 g/mol. The van der Waals surface area contributed by atoms with Crippen LogP contribution < -0.4 is 5.32 Å². The maximum absolute atomic E-state index is 13.4. The second-order valence-corrected chi connectivity index (χ2v) is 9.37. The van der Waals surface area contributed by atoms with Crippen molar-refractivity contribution in [1.82, 2.24) is 25.3 Å². The lowest BCUT2D eigenvalue weighted by Crippen LogP contribution is -2.32. The number of dihydropyridines is 1. The number of hydrogen-bond acceptors (Lipinski definition) is 8.